The van der Waals surface area contributed by atoms with E-state index in [4.69, 9.17) is 15.2 Å². The maximum Gasteiger partial charge on any atom is 0.410 e. The van der Waals surface area contributed by atoms with Crippen LogP contribution in [0.15, 0.2) is 54.6 Å². The SMILES string of the molecule is COC(=O)C1CC(c2ccccc2N)CN1C(=O)OCc1ccccc1. The minimum absolute atomic E-state index is 0.0374. The van der Waals surface area contributed by atoms with Crippen molar-refractivity contribution in [2.45, 2.75) is 25.0 Å². The summed E-state index contributed by atoms with van der Waals surface area (Å²) in [6, 6.07) is 16.2. The maximum absolute atomic E-state index is 12.6. The predicted molar refractivity (Wildman–Crippen MR) is 97.3 cm³/mol. The van der Waals surface area contributed by atoms with Crippen LogP contribution in [-0.4, -0.2) is 36.7 Å². The van der Waals surface area contributed by atoms with Gasteiger partial charge in [-0.25, -0.2) is 9.59 Å². The Morgan fingerprint density at radius 1 is 1.12 bits per heavy atom. The van der Waals surface area contributed by atoms with Gasteiger partial charge >= 0.3 is 12.1 Å². The summed E-state index contributed by atoms with van der Waals surface area (Å²) >= 11 is 0. The van der Waals surface area contributed by atoms with E-state index in [1.165, 1.54) is 12.0 Å². The number of ether oxygens (including phenoxy) is 2. The Morgan fingerprint density at radius 2 is 1.81 bits per heavy atom. The highest BCUT2D eigenvalue weighted by Crippen LogP contribution is 2.35. The average molecular weight is 354 g/mol. The number of nitrogens with zero attached hydrogens (tertiary/aromatic N) is 1. The van der Waals surface area contributed by atoms with Crippen molar-refractivity contribution in [2.75, 3.05) is 19.4 Å². The molecular weight excluding hydrogens is 332 g/mol. The van der Waals surface area contributed by atoms with Crippen molar-refractivity contribution < 1.29 is 19.1 Å². The van der Waals surface area contributed by atoms with Gasteiger partial charge in [-0.2, -0.15) is 0 Å². The van der Waals surface area contributed by atoms with Crippen molar-refractivity contribution in [1.82, 2.24) is 4.90 Å². The molecule has 1 aliphatic heterocycles. The van der Waals surface area contributed by atoms with Crippen molar-refractivity contribution in [1.29, 1.82) is 0 Å². The van der Waals surface area contributed by atoms with Gasteiger partial charge in [0.15, 0.2) is 0 Å². The normalized spacial score (nSPS) is 19.2. The first-order valence-electron chi connectivity index (χ1n) is 8.49. The molecule has 1 fully saturated rings. The molecule has 2 aromatic carbocycles. The predicted octanol–water partition coefficient (Wildman–Crippen LogP) is 2.94. The van der Waals surface area contributed by atoms with Crippen molar-refractivity contribution in [2.24, 2.45) is 0 Å². The molecule has 1 amide bonds. The van der Waals surface area contributed by atoms with Gasteiger partial charge in [0, 0.05) is 18.2 Å². The van der Waals surface area contributed by atoms with Crippen LogP contribution in [0, 0.1) is 0 Å². The summed E-state index contributed by atoms with van der Waals surface area (Å²) in [6.45, 7) is 0.518. The Bertz CT molecular complexity index is 778. The van der Waals surface area contributed by atoms with E-state index >= 15 is 0 Å². The number of methoxy groups -OCH3 is 1. The van der Waals surface area contributed by atoms with Gasteiger partial charge in [0.1, 0.15) is 12.6 Å². The van der Waals surface area contributed by atoms with Gasteiger partial charge in [0.25, 0.3) is 0 Å². The number of carbonyl (C=O) groups is 2. The van der Waals surface area contributed by atoms with Crippen molar-refractivity contribution in [3.05, 3.63) is 65.7 Å². The first-order chi connectivity index (χ1) is 12.6. The zero-order valence-corrected chi connectivity index (χ0v) is 14.6. The third-order valence-corrected chi connectivity index (χ3v) is 4.65. The molecular formula is C20H22N2O4. The molecule has 2 unspecified atom stereocenters. The van der Waals surface area contributed by atoms with E-state index in [1.807, 2.05) is 54.6 Å². The van der Waals surface area contributed by atoms with Gasteiger partial charge < -0.3 is 15.2 Å². The highest BCUT2D eigenvalue weighted by Gasteiger charge is 2.42. The van der Waals surface area contributed by atoms with Crippen LogP contribution in [0.2, 0.25) is 0 Å². The standard InChI is InChI=1S/C20H22N2O4/c1-25-19(23)18-11-15(16-9-5-6-10-17(16)21)12-22(18)20(24)26-13-14-7-3-2-4-8-14/h2-10,15,18H,11-13,21H2,1H3. The summed E-state index contributed by atoms with van der Waals surface area (Å²) in [6.07, 6.45) is -0.0670. The molecule has 0 aromatic heterocycles. The van der Waals surface area contributed by atoms with E-state index in [0.29, 0.717) is 18.7 Å². The highest BCUT2D eigenvalue weighted by atomic mass is 16.6. The van der Waals surface area contributed by atoms with Gasteiger partial charge in [-0.3, -0.25) is 4.90 Å². The number of likely N-dealkylation sites (tertiary alicyclic amines) is 1. The molecule has 6 nitrogen and oxygen atoms in total. The minimum atomic E-state index is -0.673. The molecule has 1 heterocycles. The second-order valence-electron chi connectivity index (χ2n) is 6.29. The Labute approximate surface area is 152 Å². The Hall–Kier alpha value is -3.02. The summed E-state index contributed by atoms with van der Waals surface area (Å²) in [4.78, 5) is 26.2. The lowest BCUT2D eigenvalue weighted by atomic mass is 9.95. The first kappa shape index (κ1) is 17.8. The number of hydrogen-bond donors (Lipinski definition) is 1. The van der Waals surface area contributed by atoms with Gasteiger partial charge in [0.05, 0.1) is 7.11 Å². The van der Waals surface area contributed by atoms with E-state index in [0.717, 1.165) is 11.1 Å². The molecule has 0 aliphatic carbocycles. The summed E-state index contributed by atoms with van der Waals surface area (Å²) in [5, 5.41) is 0. The van der Waals surface area contributed by atoms with Gasteiger partial charge in [-0.1, -0.05) is 48.5 Å². The topological polar surface area (TPSA) is 81.9 Å². The summed E-state index contributed by atoms with van der Waals surface area (Å²) in [5.41, 5.74) is 8.53. The van der Waals surface area contributed by atoms with E-state index in [9.17, 15) is 9.59 Å². The fourth-order valence-corrected chi connectivity index (χ4v) is 3.31. The van der Waals surface area contributed by atoms with E-state index < -0.39 is 18.1 Å². The quantitative estimate of drug-likeness (QED) is 0.674. The molecule has 1 aliphatic rings. The molecule has 2 atom stereocenters. The van der Waals surface area contributed by atoms with Crippen LogP contribution in [0.25, 0.3) is 0 Å². The molecule has 136 valence electrons. The zero-order valence-electron chi connectivity index (χ0n) is 14.6. The number of nitrogen functional groups attached to an aromatic ring is 1. The van der Waals surface area contributed by atoms with Gasteiger partial charge in [-0.15, -0.1) is 0 Å². The molecule has 0 bridgehead atoms. The number of nitrogens with two attached hydrogens (primary N) is 1. The number of esters is 1. The monoisotopic (exact) mass is 354 g/mol. The van der Waals surface area contributed by atoms with Crippen LogP contribution in [-0.2, 0) is 20.9 Å². The van der Waals surface area contributed by atoms with E-state index in [2.05, 4.69) is 0 Å². The summed E-state index contributed by atoms with van der Waals surface area (Å²) in [5.74, 6) is -0.483. The number of carbonyl (C=O) groups excluding carboxylic acids is 2. The van der Waals surface area contributed by atoms with Crippen molar-refractivity contribution in [3.8, 4) is 0 Å². The number of amides is 1. The zero-order chi connectivity index (χ0) is 18.5. The fraction of sp³-hybridized carbons (Fsp3) is 0.300. The van der Waals surface area contributed by atoms with Crippen LogP contribution in [0.4, 0.5) is 10.5 Å². The van der Waals surface area contributed by atoms with Crippen molar-refractivity contribution >= 4 is 17.7 Å². The third kappa shape index (κ3) is 3.79. The molecule has 2 aromatic rings. The van der Waals surface area contributed by atoms with Gasteiger partial charge in [-0.05, 0) is 23.6 Å². The molecule has 26 heavy (non-hydrogen) atoms. The van der Waals surface area contributed by atoms with Crippen LogP contribution in [0.3, 0.4) is 0 Å². The van der Waals surface area contributed by atoms with Crippen LogP contribution < -0.4 is 5.73 Å². The van der Waals surface area contributed by atoms with Crippen LogP contribution in [0.1, 0.15) is 23.5 Å². The second-order valence-corrected chi connectivity index (χ2v) is 6.29. The Morgan fingerprint density at radius 3 is 2.50 bits per heavy atom. The molecule has 0 radical (unpaired) electrons. The Balaban J connectivity index is 1.74. The molecule has 0 spiro atoms. The van der Waals surface area contributed by atoms with Crippen LogP contribution >= 0.6 is 0 Å². The molecule has 0 saturated carbocycles. The van der Waals surface area contributed by atoms with Crippen LogP contribution in [0.5, 0.6) is 0 Å². The average Bonchev–Trinajstić information content (AvgIpc) is 3.12. The number of hydrogen-bond acceptors (Lipinski definition) is 5. The molecule has 1 saturated heterocycles. The lowest BCUT2D eigenvalue weighted by Gasteiger charge is -2.22. The Kier molecular flexibility index (Phi) is 5.41. The lowest BCUT2D eigenvalue weighted by Crippen LogP contribution is -2.41. The van der Waals surface area contributed by atoms with E-state index in [-0.39, 0.29) is 12.5 Å². The number of benzene rings is 2. The molecule has 3 rings (SSSR count). The summed E-state index contributed by atoms with van der Waals surface area (Å²) < 4.78 is 10.3. The third-order valence-electron chi connectivity index (χ3n) is 4.65. The van der Waals surface area contributed by atoms with Gasteiger partial charge in [0.2, 0.25) is 0 Å². The van der Waals surface area contributed by atoms with E-state index in [1.54, 1.807) is 0 Å². The summed E-state index contributed by atoms with van der Waals surface area (Å²) in [7, 11) is 1.32. The fourth-order valence-electron chi connectivity index (χ4n) is 3.31. The second kappa shape index (κ2) is 7.91. The minimum Gasteiger partial charge on any atom is -0.467 e. The maximum atomic E-state index is 12.6. The largest absolute Gasteiger partial charge is 0.467 e. The molecule has 2 N–H and O–H groups in total. The number of para-hydroxylation sites is 1. The number of anilines is 1. The van der Waals surface area contributed by atoms with Crippen molar-refractivity contribution in [3.63, 3.8) is 0 Å². The number of rotatable bonds is 4. The lowest BCUT2D eigenvalue weighted by molar-refractivity contribution is -0.145. The first-order valence-corrected chi connectivity index (χ1v) is 8.49. The smallest absolute Gasteiger partial charge is 0.410 e. The highest BCUT2D eigenvalue weighted by molar-refractivity contribution is 5.82. The molecule has 6 heteroatoms.